The van der Waals surface area contributed by atoms with Crippen LogP contribution >= 0.6 is 0 Å². The van der Waals surface area contributed by atoms with Crippen molar-refractivity contribution in [1.82, 2.24) is 0 Å². The Morgan fingerprint density at radius 2 is 1.77 bits per heavy atom. The molecule has 4 saturated carbocycles. The molecule has 1 heteroatoms. The summed E-state index contributed by atoms with van der Waals surface area (Å²) in [4.78, 5) is 0. The molecule has 4 fully saturated rings. The number of aliphatic hydroxyl groups excluding tert-OH is 1. The highest BCUT2D eigenvalue weighted by Crippen LogP contribution is 2.81. The number of aliphatic hydroxyl groups is 1. The van der Waals surface area contributed by atoms with Gasteiger partial charge < -0.3 is 5.11 Å². The van der Waals surface area contributed by atoms with Crippen LogP contribution in [0.25, 0.3) is 0 Å². The van der Waals surface area contributed by atoms with Gasteiger partial charge in [0.1, 0.15) is 0 Å². The molecule has 5 aliphatic rings. The van der Waals surface area contributed by atoms with Gasteiger partial charge in [-0.2, -0.15) is 0 Å². The van der Waals surface area contributed by atoms with Gasteiger partial charge in [0.25, 0.3) is 0 Å². The Hall–Kier alpha value is -1.34. The standard InChI is InChI=1S/C34H48O/c1-23-17-28-32(5,30-29(23)31(30,3)4)24(2)33(14-9-10-15-33)22-34(28)16-13-26(20-34)19-27(21-35)18-25-11-7-6-8-12-25/h6-8,11-12,17,24,26-27,29-30,35H,1,9-10,13-16,18-22H2,2-5H3. The van der Waals surface area contributed by atoms with Gasteiger partial charge in [-0.15, -0.1) is 0 Å². The molecule has 5 aliphatic carbocycles. The summed E-state index contributed by atoms with van der Waals surface area (Å²) in [6.45, 7) is 15.4. The zero-order valence-electron chi connectivity index (χ0n) is 22.8. The minimum atomic E-state index is 0.314. The van der Waals surface area contributed by atoms with Crippen molar-refractivity contribution in [3.8, 4) is 0 Å². The van der Waals surface area contributed by atoms with Crippen LogP contribution in [-0.2, 0) is 6.42 Å². The number of allylic oxidation sites excluding steroid dienone is 3. The Balaban J connectivity index is 1.31. The van der Waals surface area contributed by atoms with Gasteiger partial charge in [-0.05, 0) is 108 Å². The van der Waals surface area contributed by atoms with Crippen LogP contribution in [0.3, 0.4) is 0 Å². The molecule has 0 heterocycles. The van der Waals surface area contributed by atoms with Crippen molar-refractivity contribution in [3.05, 3.63) is 59.7 Å². The summed E-state index contributed by atoms with van der Waals surface area (Å²) < 4.78 is 0. The second-order valence-electron chi connectivity index (χ2n) is 14.5. The van der Waals surface area contributed by atoms with E-state index in [0.29, 0.717) is 40.1 Å². The van der Waals surface area contributed by atoms with E-state index in [1.807, 2.05) is 5.57 Å². The summed E-state index contributed by atoms with van der Waals surface area (Å²) in [5.41, 5.74) is 6.26. The average molecular weight is 473 g/mol. The third-order valence-corrected chi connectivity index (χ3v) is 12.5. The molecule has 2 spiro atoms. The minimum Gasteiger partial charge on any atom is -0.396 e. The predicted molar refractivity (Wildman–Crippen MR) is 146 cm³/mol. The highest BCUT2D eigenvalue weighted by Gasteiger charge is 2.74. The largest absolute Gasteiger partial charge is 0.396 e. The molecule has 1 aromatic carbocycles. The van der Waals surface area contributed by atoms with Crippen LogP contribution in [0.2, 0.25) is 0 Å². The number of fused-ring (bicyclic) bond motifs is 4. The first-order valence-corrected chi connectivity index (χ1v) is 14.7. The van der Waals surface area contributed by atoms with Crippen LogP contribution in [0, 0.1) is 51.2 Å². The lowest BCUT2D eigenvalue weighted by molar-refractivity contribution is -0.0478. The van der Waals surface area contributed by atoms with Crippen molar-refractivity contribution in [2.75, 3.05) is 6.61 Å². The van der Waals surface area contributed by atoms with Gasteiger partial charge in [0, 0.05) is 6.61 Å². The predicted octanol–water partition coefficient (Wildman–Crippen LogP) is 8.39. The Morgan fingerprint density at radius 3 is 2.46 bits per heavy atom. The highest BCUT2D eigenvalue weighted by atomic mass is 16.3. The van der Waals surface area contributed by atoms with Crippen molar-refractivity contribution < 1.29 is 5.11 Å². The van der Waals surface area contributed by atoms with Crippen LogP contribution in [0.4, 0.5) is 0 Å². The monoisotopic (exact) mass is 472 g/mol. The molecule has 6 rings (SSSR count). The van der Waals surface area contributed by atoms with Crippen molar-refractivity contribution in [1.29, 1.82) is 0 Å². The summed E-state index contributed by atoms with van der Waals surface area (Å²) in [6.07, 6.45) is 16.1. The van der Waals surface area contributed by atoms with Crippen LogP contribution in [0.5, 0.6) is 0 Å². The van der Waals surface area contributed by atoms with E-state index in [0.717, 1.165) is 24.2 Å². The van der Waals surface area contributed by atoms with E-state index >= 15 is 0 Å². The average Bonchev–Trinajstić information content (AvgIpc) is 3.15. The van der Waals surface area contributed by atoms with Gasteiger partial charge in [-0.25, -0.2) is 0 Å². The van der Waals surface area contributed by atoms with Gasteiger partial charge >= 0.3 is 0 Å². The second-order valence-corrected chi connectivity index (χ2v) is 14.5. The third kappa shape index (κ3) is 3.43. The lowest BCUT2D eigenvalue weighted by Crippen LogP contribution is -2.54. The molecule has 7 atom stereocenters. The van der Waals surface area contributed by atoms with E-state index in [9.17, 15) is 5.11 Å². The topological polar surface area (TPSA) is 20.2 Å². The first kappa shape index (κ1) is 24.0. The van der Waals surface area contributed by atoms with Crippen molar-refractivity contribution in [2.24, 2.45) is 51.2 Å². The van der Waals surface area contributed by atoms with Crippen LogP contribution in [0.1, 0.15) is 91.0 Å². The number of rotatable bonds is 5. The first-order chi connectivity index (χ1) is 16.7. The number of hydrogen-bond donors (Lipinski definition) is 1. The normalized spacial score (nSPS) is 41.5. The molecule has 35 heavy (non-hydrogen) atoms. The highest BCUT2D eigenvalue weighted by molar-refractivity contribution is 5.48. The zero-order valence-corrected chi connectivity index (χ0v) is 22.8. The summed E-state index contributed by atoms with van der Waals surface area (Å²) in [5.74, 6) is 3.36. The molecule has 0 aromatic heterocycles. The summed E-state index contributed by atoms with van der Waals surface area (Å²) in [5, 5.41) is 10.3. The summed E-state index contributed by atoms with van der Waals surface area (Å²) in [6, 6.07) is 10.8. The van der Waals surface area contributed by atoms with Crippen molar-refractivity contribution in [3.63, 3.8) is 0 Å². The van der Waals surface area contributed by atoms with Gasteiger partial charge in [0.15, 0.2) is 0 Å². The van der Waals surface area contributed by atoms with E-state index in [1.165, 1.54) is 68.9 Å². The minimum absolute atomic E-state index is 0.314. The number of benzene rings is 1. The Kier molecular flexibility index (Phi) is 5.54. The van der Waals surface area contributed by atoms with Gasteiger partial charge in [-0.1, -0.05) is 94.7 Å². The van der Waals surface area contributed by atoms with E-state index < -0.39 is 0 Å². The molecule has 0 radical (unpaired) electrons. The quantitative estimate of drug-likeness (QED) is 0.456. The summed E-state index contributed by atoms with van der Waals surface area (Å²) >= 11 is 0. The molecule has 1 nitrogen and oxygen atoms in total. The van der Waals surface area contributed by atoms with Gasteiger partial charge in [-0.3, -0.25) is 0 Å². The maximum atomic E-state index is 10.3. The van der Waals surface area contributed by atoms with E-state index in [4.69, 9.17) is 0 Å². The fourth-order valence-electron chi connectivity index (χ4n) is 11.0. The van der Waals surface area contributed by atoms with Crippen LogP contribution in [0.15, 0.2) is 54.1 Å². The maximum absolute atomic E-state index is 10.3. The lowest BCUT2D eigenvalue weighted by Gasteiger charge is -2.62. The fraction of sp³-hybridized carbons (Fsp3) is 0.706. The van der Waals surface area contributed by atoms with Crippen LogP contribution < -0.4 is 0 Å². The van der Waals surface area contributed by atoms with E-state index in [-0.39, 0.29) is 0 Å². The molecule has 0 amide bonds. The second kappa shape index (κ2) is 8.08. The van der Waals surface area contributed by atoms with Gasteiger partial charge in [0.2, 0.25) is 0 Å². The first-order valence-electron chi connectivity index (χ1n) is 14.7. The van der Waals surface area contributed by atoms with Crippen molar-refractivity contribution in [2.45, 2.75) is 91.9 Å². The molecule has 1 N–H and O–H groups in total. The fourth-order valence-corrected chi connectivity index (χ4v) is 11.0. The van der Waals surface area contributed by atoms with Crippen molar-refractivity contribution >= 4 is 0 Å². The smallest absolute Gasteiger partial charge is 0.0462 e. The molecular weight excluding hydrogens is 424 g/mol. The zero-order chi connectivity index (χ0) is 24.6. The van der Waals surface area contributed by atoms with Crippen LogP contribution in [-0.4, -0.2) is 11.7 Å². The summed E-state index contributed by atoms with van der Waals surface area (Å²) in [7, 11) is 0. The lowest BCUT2D eigenvalue weighted by atomic mass is 9.42. The SMILES string of the molecule is C=C1C=C2C3(CCC(CC(CO)Cc4ccccc4)C3)CC3(CCCC3)C(C)C2(C)C2C1C2(C)C. The third-order valence-electron chi connectivity index (χ3n) is 12.5. The molecule has 1 aromatic rings. The maximum Gasteiger partial charge on any atom is 0.0462 e. The molecule has 0 bridgehead atoms. The molecule has 190 valence electrons. The molecule has 7 unspecified atom stereocenters. The molecule has 0 saturated heterocycles. The Morgan fingerprint density at radius 1 is 1.06 bits per heavy atom. The van der Waals surface area contributed by atoms with Gasteiger partial charge in [0.05, 0.1) is 0 Å². The van der Waals surface area contributed by atoms with E-state index in [2.05, 4.69) is 70.7 Å². The van der Waals surface area contributed by atoms with E-state index in [1.54, 1.807) is 0 Å². The Bertz CT molecular complexity index is 1010. The Labute approximate surface area is 214 Å². The number of hydrogen-bond acceptors (Lipinski definition) is 1. The molecular formula is C34H48O. The molecule has 0 aliphatic heterocycles.